The number of esters is 1. The predicted octanol–water partition coefficient (Wildman–Crippen LogP) is 2.33. The lowest BCUT2D eigenvalue weighted by Crippen LogP contribution is -2.70. The summed E-state index contributed by atoms with van der Waals surface area (Å²) in [5.74, 6) is -2.54. The van der Waals surface area contributed by atoms with Crippen molar-refractivity contribution in [3.63, 3.8) is 0 Å². The van der Waals surface area contributed by atoms with Crippen LogP contribution in [0.1, 0.15) is 33.3 Å². The first-order valence-corrected chi connectivity index (χ1v) is 11.1. The maximum absolute atomic E-state index is 13.1. The van der Waals surface area contributed by atoms with E-state index in [1.54, 1.807) is 34.0 Å². The zero-order chi connectivity index (χ0) is 24.2. The van der Waals surface area contributed by atoms with Gasteiger partial charge >= 0.3 is 5.97 Å². The number of non-ortho nitro benzene ring substituents is 1. The zero-order valence-corrected chi connectivity index (χ0v) is 19.3. The number of thioether (sulfide) groups is 1. The molecule has 0 aliphatic carbocycles. The van der Waals surface area contributed by atoms with Crippen LogP contribution in [0.3, 0.4) is 0 Å². The molecule has 10 nitrogen and oxygen atoms in total. The lowest BCUT2D eigenvalue weighted by Gasteiger charge is -2.50. The van der Waals surface area contributed by atoms with Crippen LogP contribution < -0.4 is 0 Å². The second kappa shape index (κ2) is 10.1. The van der Waals surface area contributed by atoms with Gasteiger partial charge in [0.2, 0.25) is 5.91 Å². The molecule has 0 bridgehead atoms. The van der Waals surface area contributed by atoms with Crippen molar-refractivity contribution in [1.29, 1.82) is 0 Å². The third-order valence-electron chi connectivity index (χ3n) is 5.16. The molecule has 1 fully saturated rings. The summed E-state index contributed by atoms with van der Waals surface area (Å²) in [5.41, 5.74) is -0.545. The summed E-state index contributed by atoms with van der Waals surface area (Å²) in [6, 6.07) is 3.99. The molecular weight excluding hydrogens is 440 g/mol. The van der Waals surface area contributed by atoms with E-state index in [2.05, 4.69) is 0 Å². The smallest absolute Gasteiger partial charge is 0.337 e. The van der Waals surface area contributed by atoms with Crippen LogP contribution in [0, 0.1) is 21.4 Å². The van der Waals surface area contributed by atoms with Gasteiger partial charge in [-0.2, -0.15) is 0 Å². The molecule has 11 heteroatoms. The molecule has 1 unspecified atom stereocenters. The number of likely N-dealkylation sites (tertiary alicyclic amines) is 1. The van der Waals surface area contributed by atoms with Gasteiger partial charge in [0.05, 0.1) is 10.3 Å². The number of nitro groups is 1. The highest BCUT2D eigenvalue weighted by atomic mass is 32.2. The second-order valence-electron chi connectivity index (χ2n) is 8.38. The van der Waals surface area contributed by atoms with E-state index in [0.29, 0.717) is 5.56 Å². The van der Waals surface area contributed by atoms with Crippen molar-refractivity contribution >= 4 is 41.6 Å². The van der Waals surface area contributed by atoms with Crippen molar-refractivity contribution < 1.29 is 33.6 Å². The SMILES string of the molecule is CS[C@@H]1[C@@H]([C@H](C)OC=O)C(=O)N1C(C(=O)OCc1ccc([N+](=O)[O-])cc1)C(=O)C(C)(C)C. The maximum atomic E-state index is 13.1. The van der Waals surface area contributed by atoms with E-state index in [1.807, 2.05) is 0 Å². The number of ether oxygens (including phenoxy) is 2. The Morgan fingerprint density at radius 1 is 1.28 bits per heavy atom. The monoisotopic (exact) mass is 466 g/mol. The van der Waals surface area contributed by atoms with Crippen molar-refractivity contribution in [2.45, 2.75) is 51.8 Å². The molecule has 1 aliphatic rings. The van der Waals surface area contributed by atoms with Crippen molar-refractivity contribution in [1.82, 2.24) is 4.90 Å². The minimum atomic E-state index is -1.46. The Labute approximate surface area is 189 Å². The van der Waals surface area contributed by atoms with E-state index >= 15 is 0 Å². The highest BCUT2D eigenvalue weighted by molar-refractivity contribution is 7.99. The van der Waals surface area contributed by atoms with E-state index in [0.717, 1.165) is 0 Å². The van der Waals surface area contributed by atoms with Crippen LogP contribution in [0.15, 0.2) is 24.3 Å². The first-order chi connectivity index (χ1) is 14.9. The van der Waals surface area contributed by atoms with Gasteiger partial charge in [-0.15, -0.1) is 11.8 Å². The lowest BCUT2D eigenvalue weighted by molar-refractivity contribution is -0.384. The minimum Gasteiger partial charge on any atom is -0.464 e. The lowest BCUT2D eigenvalue weighted by atomic mass is 9.82. The fourth-order valence-corrected chi connectivity index (χ4v) is 4.44. The van der Waals surface area contributed by atoms with Gasteiger partial charge in [0, 0.05) is 17.5 Å². The Morgan fingerprint density at radius 3 is 2.34 bits per heavy atom. The third kappa shape index (κ3) is 5.26. The zero-order valence-electron chi connectivity index (χ0n) is 18.5. The number of nitro benzene ring substituents is 1. The number of amides is 1. The number of hydrogen-bond donors (Lipinski definition) is 0. The molecule has 0 spiro atoms. The van der Waals surface area contributed by atoms with Crippen molar-refractivity contribution in [2.24, 2.45) is 11.3 Å². The summed E-state index contributed by atoms with van der Waals surface area (Å²) in [5, 5.41) is 10.2. The quantitative estimate of drug-likeness (QED) is 0.127. The summed E-state index contributed by atoms with van der Waals surface area (Å²) < 4.78 is 10.2. The molecule has 1 aromatic rings. The number of benzene rings is 1. The molecule has 0 N–H and O–H groups in total. The second-order valence-corrected chi connectivity index (χ2v) is 9.34. The molecule has 0 radical (unpaired) electrons. The van der Waals surface area contributed by atoms with E-state index in [1.165, 1.54) is 40.9 Å². The Kier molecular flexibility index (Phi) is 8.00. The highest BCUT2D eigenvalue weighted by Gasteiger charge is 2.57. The van der Waals surface area contributed by atoms with Gasteiger partial charge < -0.3 is 14.4 Å². The van der Waals surface area contributed by atoms with E-state index in [4.69, 9.17) is 9.47 Å². The van der Waals surface area contributed by atoms with Crippen LogP contribution in [0.2, 0.25) is 0 Å². The van der Waals surface area contributed by atoms with E-state index < -0.39 is 51.4 Å². The number of Topliss-reactive ketones (excluding diaryl/α,β-unsaturated/α-hetero) is 1. The number of nitrogens with zero attached hydrogens (tertiary/aromatic N) is 2. The summed E-state index contributed by atoms with van der Waals surface area (Å²) in [6.45, 7) is 6.53. The Morgan fingerprint density at radius 2 is 1.88 bits per heavy atom. The summed E-state index contributed by atoms with van der Waals surface area (Å²) >= 11 is 1.26. The van der Waals surface area contributed by atoms with Crippen molar-refractivity contribution in [2.75, 3.05) is 6.26 Å². The molecule has 1 saturated heterocycles. The van der Waals surface area contributed by atoms with Crippen LogP contribution in [0.5, 0.6) is 0 Å². The molecule has 0 saturated carbocycles. The van der Waals surface area contributed by atoms with Crippen LogP contribution in [-0.2, 0) is 35.3 Å². The summed E-state index contributed by atoms with van der Waals surface area (Å²) in [7, 11) is 0. The first kappa shape index (κ1) is 25.3. The van der Waals surface area contributed by atoms with Crippen molar-refractivity contribution in [3.05, 3.63) is 39.9 Å². The number of carbonyl (C=O) groups is 4. The highest BCUT2D eigenvalue weighted by Crippen LogP contribution is 2.40. The molecule has 4 atom stereocenters. The van der Waals surface area contributed by atoms with Crippen LogP contribution in [-0.4, -0.2) is 57.7 Å². The van der Waals surface area contributed by atoms with Gasteiger partial charge in [0.1, 0.15) is 18.6 Å². The number of hydrogen-bond acceptors (Lipinski definition) is 9. The predicted molar refractivity (Wildman–Crippen MR) is 115 cm³/mol. The summed E-state index contributed by atoms with van der Waals surface area (Å²) in [6.07, 6.45) is 1.01. The van der Waals surface area contributed by atoms with Crippen LogP contribution in [0.4, 0.5) is 5.69 Å². The standard InChI is InChI=1S/C21H26N2O8S/c1-12(31-11-24)15-18(26)22(19(15)32-5)16(17(25)21(2,3)4)20(27)30-10-13-6-8-14(9-7-13)23(28)29/h6-9,11-12,15-16,19H,10H2,1-5H3/t12-,15-,16?,19+/m0/s1. The van der Waals surface area contributed by atoms with Crippen LogP contribution in [0.25, 0.3) is 0 Å². The van der Waals surface area contributed by atoms with E-state index in [-0.39, 0.29) is 18.8 Å². The number of ketones is 1. The molecule has 2 rings (SSSR count). The molecule has 174 valence electrons. The molecule has 1 amide bonds. The fraction of sp³-hybridized carbons (Fsp3) is 0.524. The van der Waals surface area contributed by atoms with Gasteiger partial charge in [-0.05, 0) is 30.9 Å². The molecule has 32 heavy (non-hydrogen) atoms. The molecule has 1 aromatic carbocycles. The molecular formula is C21H26N2O8S. The Balaban J connectivity index is 2.24. The van der Waals surface area contributed by atoms with Crippen molar-refractivity contribution in [3.8, 4) is 0 Å². The normalized spacial score (nSPS) is 20.0. The number of β-lactam (4-membered cyclic amide) rings is 1. The van der Waals surface area contributed by atoms with Gasteiger partial charge in [0.15, 0.2) is 11.8 Å². The van der Waals surface area contributed by atoms with Crippen LogP contribution >= 0.6 is 11.8 Å². The third-order valence-corrected chi connectivity index (χ3v) is 6.16. The van der Waals surface area contributed by atoms with Gasteiger partial charge in [-0.3, -0.25) is 24.5 Å². The summed E-state index contributed by atoms with van der Waals surface area (Å²) in [4.78, 5) is 61.1. The Bertz CT molecular complexity index is 896. The molecule has 0 aromatic heterocycles. The minimum absolute atomic E-state index is 0.104. The molecule has 1 heterocycles. The average molecular weight is 467 g/mol. The van der Waals surface area contributed by atoms with E-state index in [9.17, 15) is 29.3 Å². The average Bonchev–Trinajstić information content (AvgIpc) is 2.72. The number of carbonyl (C=O) groups excluding carboxylic acids is 4. The van der Waals surface area contributed by atoms with Gasteiger partial charge in [-0.25, -0.2) is 4.79 Å². The number of rotatable bonds is 10. The largest absolute Gasteiger partial charge is 0.464 e. The fourth-order valence-electron chi connectivity index (χ4n) is 3.35. The van der Waals surface area contributed by atoms with Gasteiger partial charge in [-0.1, -0.05) is 20.8 Å². The van der Waals surface area contributed by atoms with Gasteiger partial charge in [0.25, 0.3) is 12.2 Å². The topological polar surface area (TPSA) is 133 Å². The molecule has 1 aliphatic heterocycles. The Hall–Kier alpha value is -2.95. The first-order valence-electron chi connectivity index (χ1n) is 9.82. The maximum Gasteiger partial charge on any atom is 0.337 e.